The lowest BCUT2D eigenvalue weighted by Crippen LogP contribution is -2.50. The maximum Gasteiger partial charge on any atom is 0.289 e. The Morgan fingerprint density at radius 2 is 1.81 bits per heavy atom. The zero-order valence-electron chi connectivity index (χ0n) is 15.5. The van der Waals surface area contributed by atoms with Crippen LogP contribution >= 0.6 is 0 Å². The van der Waals surface area contributed by atoms with Gasteiger partial charge in [-0.15, -0.1) is 10.2 Å². The number of carbonyl (C=O) groups is 2. The highest BCUT2D eigenvalue weighted by molar-refractivity contribution is 5.90. The van der Waals surface area contributed by atoms with Crippen molar-refractivity contribution in [1.29, 1.82) is 0 Å². The SMILES string of the molecule is O=C(NCC1CC1)c1nnc2n1CCCC21CCN(C(=O)C2(F)CC2)CC1. The van der Waals surface area contributed by atoms with Crippen LogP contribution in [0.3, 0.4) is 0 Å². The van der Waals surface area contributed by atoms with Crippen molar-refractivity contribution in [2.45, 2.75) is 69.0 Å². The van der Waals surface area contributed by atoms with Gasteiger partial charge in [0.25, 0.3) is 11.8 Å². The molecule has 1 aromatic heterocycles. The molecule has 0 bridgehead atoms. The van der Waals surface area contributed by atoms with Crippen molar-refractivity contribution in [2.24, 2.45) is 5.92 Å². The molecule has 0 atom stereocenters. The zero-order chi connectivity index (χ0) is 18.6. The van der Waals surface area contributed by atoms with E-state index in [1.165, 1.54) is 12.8 Å². The molecule has 0 aromatic carbocycles. The van der Waals surface area contributed by atoms with Gasteiger partial charge in [-0.2, -0.15) is 0 Å². The largest absolute Gasteiger partial charge is 0.349 e. The van der Waals surface area contributed by atoms with Crippen LogP contribution in [0.25, 0.3) is 0 Å². The lowest BCUT2D eigenvalue weighted by molar-refractivity contribution is -0.140. The van der Waals surface area contributed by atoms with E-state index in [9.17, 15) is 14.0 Å². The summed E-state index contributed by atoms with van der Waals surface area (Å²) in [7, 11) is 0. The van der Waals surface area contributed by atoms with Gasteiger partial charge in [-0.1, -0.05) is 0 Å². The first-order chi connectivity index (χ1) is 13.0. The molecule has 3 fully saturated rings. The molecule has 0 radical (unpaired) electrons. The van der Waals surface area contributed by atoms with E-state index in [1.807, 2.05) is 4.57 Å². The van der Waals surface area contributed by atoms with Crippen molar-refractivity contribution in [3.8, 4) is 0 Å². The quantitative estimate of drug-likeness (QED) is 0.866. The van der Waals surface area contributed by atoms with E-state index in [0.29, 0.717) is 44.2 Å². The van der Waals surface area contributed by atoms with Crippen LogP contribution < -0.4 is 5.32 Å². The second kappa shape index (κ2) is 6.01. The van der Waals surface area contributed by atoms with E-state index < -0.39 is 5.67 Å². The number of nitrogens with one attached hydrogen (secondary N) is 1. The van der Waals surface area contributed by atoms with Crippen LogP contribution in [0.2, 0.25) is 0 Å². The van der Waals surface area contributed by atoms with E-state index in [1.54, 1.807) is 4.90 Å². The molecule has 27 heavy (non-hydrogen) atoms. The first kappa shape index (κ1) is 17.1. The Morgan fingerprint density at radius 3 is 2.48 bits per heavy atom. The van der Waals surface area contributed by atoms with Crippen molar-refractivity contribution in [3.05, 3.63) is 11.6 Å². The van der Waals surface area contributed by atoms with Crippen molar-refractivity contribution in [2.75, 3.05) is 19.6 Å². The number of hydrogen-bond donors (Lipinski definition) is 1. The first-order valence-electron chi connectivity index (χ1n) is 10.2. The summed E-state index contributed by atoms with van der Waals surface area (Å²) in [6.45, 7) is 2.59. The van der Waals surface area contributed by atoms with Crippen molar-refractivity contribution < 1.29 is 14.0 Å². The predicted molar refractivity (Wildman–Crippen MR) is 94.9 cm³/mol. The summed E-state index contributed by atoms with van der Waals surface area (Å²) in [5, 5.41) is 11.6. The third-order valence-electron chi connectivity index (χ3n) is 6.79. The standard InChI is InChI=1S/C19H26FN5O2/c20-19(5-6-19)17(27)24-10-7-18(8-11-24)4-1-9-25-14(22-23-16(18)25)15(26)21-12-13-2-3-13/h13H,1-12H2,(H,21,26). The van der Waals surface area contributed by atoms with Crippen molar-refractivity contribution in [1.82, 2.24) is 25.0 Å². The van der Waals surface area contributed by atoms with Crippen LogP contribution in [0.5, 0.6) is 0 Å². The summed E-state index contributed by atoms with van der Waals surface area (Å²) in [4.78, 5) is 26.5. The number of fused-ring (bicyclic) bond motifs is 2. The van der Waals surface area contributed by atoms with Crippen LogP contribution in [-0.4, -0.2) is 56.8 Å². The molecule has 2 aliphatic carbocycles. The van der Waals surface area contributed by atoms with Crippen LogP contribution in [-0.2, 0) is 16.8 Å². The highest BCUT2D eigenvalue weighted by Crippen LogP contribution is 2.45. The Bertz CT molecular complexity index is 775. The molecule has 8 heteroatoms. The van der Waals surface area contributed by atoms with Gasteiger partial charge in [-0.05, 0) is 57.3 Å². The van der Waals surface area contributed by atoms with Crippen LogP contribution in [0.4, 0.5) is 4.39 Å². The molecule has 4 aliphatic rings. The molecule has 5 rings (SSSR count). The molecule has 2 aliphatic heterocycles. The number of aromatic nitrogens is 3. The summed E-state index contributed by atoms with van der Waals surface area (Å²) in [6.07, 6.45) is 6.58. The van der Waals surface area contributed by atoms with E-state index in [4.69, 9.17) is 0 Å². The van der Waals surface area contributed by atoms with Gasteiger partial charge in [-0.25, -0.2) is 4.39 Å². The topological polar surface area (TPSA) is 80.1 Å². The maximum atomic E-state index is 14.1. The summed E-state index contributed by atoms with van der Waals surface area (Å²) in [6, 6.07) is 0. The summed E-state index contributed by atoms with van der Waals surface area (Å²) >= 11 is 0. The highest BCUT2D eigenvalue weighted by atomic mass is 19.1. The maximum absolute atomic E-state index is 14.1. The number of nitrogens with zero attached hydrogens (tertiary/aromatic N) is 4. The zero-order valence-corrected chi connectivity index (χ0v) is 15.5. The minimum atomic E-state index is -1.59. The van der Waals surface area contributed by atoms with Gasteiger partial charge in [0.1, 0.15) is 5.82 Å². The Hall–Kier alpha value is -1.99. The van der Waals surface area contributed by atoms with Gasteiger partial charge in [0.15, 0.2) is 5.67 Å². The molecule has 2 amide bonds. The molecule has 7 nitrogen and oxygen atoms in total. The Balaban J connectivity index is 1.31. The van der Waals surface area contributed by atoms with Gasteiger partial charge in [0.2, 0.25) is 5.82 Å². The fourth-order valence-corrected chi connectivity index (χ4v) is 4.62. The van der Waals surface area contributed by atoms with Gasteiger partial charge < -0.3 is 14.8 Å². The number of likely N-dealkylation sites (tertiary alicyclic amines) is 1. The fraction of sp³-hybridized carbons (Fsp3) is 0.789. The molecule has 0 unspecified atom stereocenters. The second-order valence-electron chi connectivity index (χ2n) is 8.79. The van der Waals surface area contributed by atoms with E-state index in [0.717, 1.165) is 38.1 Å². The minimum absolute atomic E-state index is 0.140. The highest BCUT2D eigenvalue weighted by Gasteiger charge is 2.54. The molecule has 1 N–H and O–H groups in total. The van der Waals surface area contributed by atoms with E-state index in [2.05, 4.69) is 15.5 Å². The number of alkyl halides is 1. The Kier molecular flexibility index (Phi) is 3.81. The lowest BCUT2D eigenvalue weighted by atomic mass is 9.72. The molecule has 2 saturated carbocycles. The summed E-state index contributed by atoms with van der Waals surface area (Å²) in [5.41, 5.74) is -1.74. The number of rotatable bonds is 4. The average molecular weight is 375 g/mol. The number of carbonyl (C=O) groups excluding carboxylic acids is 2. The van der Waals surface area contributed by atoms with Gasteiger partial charge in [-0.3, -0.25) is 9.59 Å². The third kappa shape index (κ3) is 2.93. The van der Waals surface area contributed by atoms with E-state index in [-0.39, 0.29) is 17.2 Å². The molecule has 1 spiro atoms. The van der Waals surface area contributed by atoms with Gasteiger partial charge in [0, 0.05) is 31.6 Å². The third-order valence-corrected chi connectivity index (χ3v) is 6.79. The van der Waals surface area contributed by atoms with E-state index >= 15 is 0 Å². The van der Waals surface area contributed by atoms with Crippen LogP contribution in [0.15, 0.2) is 0 Å². The number of piperidine rings is 1. The van der Waals surface area contributed by atoms with Crippen LogP contribution in [0.1, 0.15) is 67.8 Å². The number of amides is 2. The van der Waals surface area contributed by atoms with Crippen molar-refractivity contribution >= 4 is 11.8 Å². The minimum Gasteiger partial charge on any atom is -0.349 e. The van der Waals surface area contributed by atoms with Gasteiger partial charge >= 0.3 is 0 Å². The Morgan fingerprint density at radius 1 is 1.07 bits per heavy atom. The smallest absolute Gasteiger partial charge is 0.289 e. The summed E-state index contributed by atoms with van der Waals surface area (Å²) < 4.78 is 16.1. The molecule has 146 valence electrons. The first-order valence-corrected chi connectivity index (χ1v) is 10.2. The van der Waals surface area contributed by atoms with Gasteiger partial charge in [0.05, 0.1) is 0 Å². The monoisotopic (exact) mass is 375 g/mol. The average Bonchev–Trinajstić information content (AvgIpc) is 3.60. The molecule has 1 saturated heterocycles. The predicted octanol–water partition coefficient (Wildman–Crippen LogP) is 1.57. The number of halogens is 1. The fourth-order valence-electron chi connectivity index (χ4n) is 4.62. The van der Waals surface area contributed by atoms with Crippen molar-refractivity contribution in [3.63, 3.8) is 0 Å². The van der Waals surface area contributed by atoms with Crippen LogP contribution in [0, 0.1) is 5.92 Å². The lowest BCUT2D eigenvalue weighted by Gasteiger charge is -2.43. The molecule has 3 heterocycles. The molecule has 1 aromatic rings. The Labute approximate surface area is 157 Å². The summed E-state index contributed by atoms with van der Waals surface area (Å²) in [5.74, 6) is 1.42. The molecular formula is C19H26FN5O2. The molecular weight excluding hydrogens is 349 g/mol. The second-order valence-corrected chi connectivity index (χ2v) is 8.79. The normalized spacial score (nSPS) is 25.1. The number of hydrogen-bond acceptors (Lipinski definition) is 4.